The van der Waals surface area contributed by atoms with E-state index in [9.17, 15) is 13.2 Å². The molecule has 0 aromatic heterocycles. The second-order valence-corrected chi connectivity index (χ2v) is 6.59. The highest BCUT2D eigenvalue weighted by Gasteiger charge is 2.27. The summed E-state index contributed by atoms with van der Waals surface area (Å²) in [6.45, 7) is 0. The maximum atomic E-state index is 12.4. The van der Waals surface area contributed by atoms with Crippen LogP contribution < -0.4 is 4.72 Å². The number of nitrogens with one attached hydrogen (secondary N) is 1. The molecular weight excluding hydrogens is 326 g/mol. The molecule has 0 amide bonds. The largest absolute Gasteiger partial charge is 0.468 e. The molecule has 2 aromatic rings. The number of hydrogen-bond donors (Lipinski definition) is 1. The van der Waals surface area contributed by atoms with Crippen LogP contribution in [-0.2, 0) is 19.6 Å². The quantitative estimate of drug-likeness (QED) is 0.850. The molecule has 2 aromatic carbocycles. The number of esters is 1. The van der Waals surface area contributed by atoms with Crippen LogP contribution in [-0.4, -0.2) is 21.5 Å². The lowest BCUT2D eigenvalue weighted by atomic mass is 10.1. The highest BCUT2D eigenvalue weighted by Crippen LogP contribution is 2.20. The molecule has 0 heterocycles. The van der Waals surface area contributed by atoms with Crippen molar-refractivity contribution in [1.82, 2.24) is 4.72 Å². The van der Waals surface area contributed by atoms with Crippen molar-refractivity contribution in [3.8, 4) is 0 Å². The van der Waals surface area contributed by atoms with E-state index < -0.39 is 22.0 Å². The predicted molar refractivity (Wildman–Crippen MR) is 83.0 cm³/mol. The van der Waals surface area contributed by atoms with E-state index in [1.807, 2.05) is 0 Å². The second kappa shape index (κ2) is 6.91. The van der Waals surface area contributed by atoms with Gasteiger partial charge in [0.2, 0.25) is 10.0 Å². The second-order valence-electron chi connectivity index (χ2n) is 4.44. The van der Waals surface area contributed by atoms with Gasteiger partial charge >= 0.3 is 5.97 Å². The Morgan fingerprint density at radius 2 is 1.68 bits per heavy atom. The summed E-state index contributed by atoms with van der Waals surface area (Å²) in [5.41, 5.74) is 0.492. The van der Waals surface area contributed by atoms with E-state index in [2.05, 4.69) is 9.46 Å². The molecule has 1 N–H and O–H groups in total. The Bertz CT molecular complexity index is 745. The number of rotatable bonds is 5. The topological polar surface area (TPSA) is 72.5 Å². The van der Waals surface area contributed by atoms with Gasteiger partial charge in [0.15, 0.2) is 0 Å². The highest BCUT2D eigenvalue weighted by atomic mass is 35.5. The monoisotopic (exact) mass is 339 g/mol. The molecule has 0 spiro atoms. The zero-order valence-corrected chi connectivity index (χ0v) is 13.3. The number of halogens is 1. The highest BCUT2D eigenvalue weighted by molar-refractivity contribution is 7.89. The van der Waals surface area contributed by atoms with E-state index in [0.29, 0.717) is 10.6 Å². The van der Waals surface area contributed by atoms with Crippen LogP contribution in [0.1, 0.15) is 11.6 Å². The summed E-state index contributed by atoms with van der Waals surface area (Å²) in [7, 11) is -2.69. The fraction of sp³-hybridized carbons (Fsp3) is 0.133. The lowest BCUT2D eigenvalue weighted by Crippen LogP contribution is -2.34. The average Bonchev–Trinajstić information content (AvgIpc) is 2.53. The minimum Gasteiger partial charge on any atom is -0.468 e. The SMILES string of the molecule is COC(=O)C(NS(=O)(=O)c1ccc(Cl)cc1)c1ccccc1. The molecule has 22 heavy (non-hydrogen) atoms. The molecule has 2 rings (SSSR count). The first-order chi connectivity index (χ1) is 10.4. The Balaban J connectivity index is 2.34. The van der Waals surface area contributed by atoms with Crippen molar-refractivity contribution < 1.29 is 17.9 Å². The normalized spacial score (nSPS) is 12.6. The minimum atomic E-state index is -3.89. The van der Waals surface area contributed by atoms with Gasteiger partial charge in [-0.15, -0.1) is 0 Å². The molecule has 0 aliphatic rings. The Kier molecular flexibility index (Phi) is 5.18. The number of sulfonamides is 1. The molecule has 0 saturated heterocycles. The smallest absolute Gasteiger partial charge is 0.328 e. The molecule has 0 fully saturated rings. The summed E-state index contributed by atoms with van der Waals surface area (Å²) in [4.78, 5) is 11.9. The molecule has 1 unspecified atom stereocenters. The van der Waals surface area contributed by atoms with Crippen LogP contribution >= 0.6 is 11.6 Å². The van der Waals surface area contributed by atoms with Gasteiger partial charge in [0, 0.05) is 5.02 Å². The first-order valence-electron chi connectivity index (χ1n) is 6.35. The molecule has 116 valence electrons. The molecule has 0 bridgehead atoms. The predicted octanol–water partition coefficient (Wildman–Crippen LogP) is 2.53. The molecule has 5 nitrogen and oxygen atoms in total. The Hall–Kier alpha value is -1.89. The van der Waals surface area contributed by atoms with Crippen molar-refractivity contribution in [3.63, 3.8) is 0 Å². The van der Waals surface area contributed by atoms with Crippen molar-refractivity contribution in [2.24, 2.45) is 0 Å². The van der Waals surface area contributed by atoms with Gasteiger partial charge in [0.05, 0.1) is 12.0 Å². The zero-order chi connectivity index (χ0) is 16.2. The number of benzene rings is 2. The van der Waals surface area contributed by atoms with E-state index in [0.717, 1.165) is 0 Å². The van der Waals surface area contributed by atoms with Gasteiger partial charge in [0.1, 0.15) is 6.04 Å². The van der Waals surface area contributed by atoms with Crippen molar-refractivity contribution in [1.29, 1.82) is 0 Å². The van der Waals surface area contributed by atoms with Gasteiger partial charge in [-0.25, -0.2) is 13.2 Å². The summed E-state index contributed by atoms with van der Waals surface area (Å²) in [5, 5.41) is 0.423. The van der Waals surface area contributed by atoms with Crippen LogP contribution in [0.5, 0.6) is 0 Å². The number of hydrogen-bond acceptors (Lipinski definition) is 4. The Morgan fingerprint density at radius 3 is 2.23 bits per heavy atom. The molecule has 1 atom stereocenters. The zero-order valence-electron chi connectivity index (χ0n) is 11.7. The molecule has 7 heteroatoms. The van der Waals surface area contributed by atoms with E-state index in [-0.39, 0.29) is 4.90 Å². The van der Waals surface area contributed by atoms with Crippen LogP contribution in [0.25, 0.3) is 0 Å². The van der Waals surface area contributed by atoms with Crippen LogP contribution in [0.2, 0.25) is 5.02 Å². The third kappa shape index (κ3) is 3.85. The summed E-state index contributed by atoms with van der Waals surface area (Å²) in [6.07, 6.45) is 0. The summed E-state index contributed by atoms with van der Waals surface area (Å²) in [5.74, 6) is -0.691. The van der Waals surface area contributed by atoms with Gasteiger partial charge in [-0.1, -0.05) is 41.9 Å². The van der Waals surface area contributed by atoms with Crippen molar-refractivity contribution in [3.05, 3.63) is 65.2 Å². The van der Waals surface area contributed by atoms with Crippen molar-refractivity contribution in [2.45, 2.75) is 10.9 Å². The number of methoxy groups -OCH3 is 1. The standard InChI is InChI=1S/C15H14ClNO4S/c1-21-15(18)14(11-5-3-2-4-6-11)17-22(19,20)13-9-7-12(16)8-10-13/h2-10,14,17H,1H3. The summed E-state index contributed by atoms with van der Waals surface area (Å²) >= 11 is 5.75. The van der Waals surface area contributed by atoms with Crippen LogP contribution in [0.4, 0.5) is 0 Å². The van der Waals surface area contributed by atoms with E-state index in [4.69, 9.17) is 11.6 Å². The third-order valence-electron chi connectivity index (χ3n) is 2.97. The maximum Gasteiger partial charge on any atom is 0.328 e. The van der Waals surface area contributed by atoms with Crippen molar-refractivity contribution >= 4 is 27.6 Å². The van der Waals surface area contributed by atoms with E-state index in [1.54, 1.807) is 30.3 Å². The van der Waals surface area contributed by atoms with Gasteiger partial charge in [-0.05, 0) is 29.8 Å². The molecular formula is C15H14ClNO4S. The van der Waals surface area contributed by atoms with Gasteiger partial charge in [0.25, 0.3) is 0 Å². The number of carbonyl (C=O) groups is 1. The average molecular weight is 340 g/mol. The van der Waals surface area contributed by atoms with Crippen molar-refractivity contribution in [2.75, 3.05) is 7.11 Å². The first-order valence-corrected chi connectivity index (χ1v) is 8.21. The third-order valence-corrected chi connectivity index (χ3v) is 4.66. The minimum absolute atomic E-state index is 0.0155. The molecule has 0 aliphatic carbocycles. The lowest BCUT2D eigenvalue weighted by molar-refractivity contribution is -0.142. The number of carbonyl (C=O) groups excluding carboxylic acids is 1. The summed E-state index contributed by atoms with van der Waals surface area (Å²) in [6, 6.07) is 13.0. The van der Waals surface area contributed by atoms with Gasteiger partial charge in [-0.2, -0.15) is 4.72 Å². The number of ether oxygens (including phenoxy) is 1. The van der Waals surface area contributed by atoms with Crippen LogP contribution in [0.15, 0.2) is 59.5 Å². The fourth-order valence-corrected chi connectivity index (χ4v) is 3.15. The lowest BCUT2D eigenvalue weighted by Gasteiger charge is -2.17. The maximum absolute atomic E-state index is 12.4. The fourth-order valence-electron chi connectivity index (χ4n) is 1.85. The Morgan fingerprint density at radius 1 is 1.09 bits per heavy atom. The van der Waals surface area contributed by atoms with E-state index >= 15 is 0 Å². The van der Waals surface area contributed by atoms with Gasteiger partial charge < -0.3 is 4.74 Å². The molecule has 0 radical (unpaired) electrons. The van der Waals surface area contributed by atoms with E-state index in [1.165, 1.54) is 31.4 Å². The van der Waals surface area contributed by atoms with Gasteiger partial charge in [-0.3, -0.25) is 0 Å². The summed E-state index contributed by atoms with van der Waals surface area (Å²) < 4.78 is 31.8. The van der Waals surface area contributed by atoms with Crippen LogP contribution in [0.3, 0.4) is 0 Å². The first kappa shape index (κ1) is 16.5. The molecule has 0 saturated carbocycles. The molecule has 0 aliphatic heterocycles. The Labute approximate surface area is 133 Å². The van der Waals surface area contributed by atoms with Crippen LogP contribution in [0, 0.1) is 0 Å².